The van der Waals surface area contributed by atoms with E-state index in [1.807, 2.05) is 0 Å². The monoisotopic (exact) mass is 184 g/mol. The summed E-state index contributed by atoms with van der Waals surface area (Å²) in [6, 6.07) is 6.98. The van der Waals surface area contributed by atoms with Crippen LogP contribution in [0.2, 0.25) is 0 Å². The van der Waals surface area contributed by atoms with E-state index in [2.05, 4.69) is 32.0 Å². The molecule has 0 aliphatic heterocycles. The van der Waals surface area contributed by atoms with E-state index < -0.39 is 0 Å². The van der Waals surface area contributed by atoms with Crippen LogP contribution in [0.5, 0.6) is 0 Å². The van der Waals surface area contributed by atoms with E-state index in [4.69, 9.17) is 0 Å². The molecule has 3 aliphatic rings. The van der Waals surface area contributed by atoms with Gasteiger partial charge in [-0.05, 0) is 52.7 Å². The van der Waals surface area contributed by atoms with Crippen LogP contribution in [-0.4, -0.2) is 0 Å². The second-order valence-electron chi connectivity index (χ2n) is 5.49. The zero-order chi connectivity index (χ0) is 9.50. The molecule has 0 amide bonds. The predicted octanol–water partition coefficient (Wildman–Crippen LogP) is 3.25. The Balaban J connectivity index is 2.03. The highest BCUT2D eigenvalue weighted by atomic mass is 14.8. The molecule has 3 aliphatic carbocycles. The smallest absolute Gasteiger partial charge is 0.000107 e. The van der Waals surface area contributed by atoms with Gasteiger partial charge in [0.1, 0.15) is 0 Å². The fourth-order valence-electron chi connectivity index (χ4n) is 4.50. The van der Waals surface area contributed by atoms with Crippen LogP contribution in [-0.2, 0) is 11.8 Å². The Morgan fingerprint density at radius 2 is 2.29 bits per heavy atom. The molecule has 0 heterocycles. The van der Waals surface area contributed by atoms with Gasteiger partial charge in [-0.2, -0.15) is 0 Å². The first kappa shape index (κ1) is 7.50. The largest absolute Gasteiger partial charge is 0.0617 e. The maximum Gasteiger partial charge on any atom is -0.000107 e. The Bertz CT molecular complexity index is 432. The van der Waals surface area contributed by atoms with Crippen molar-refractivity contribution in [3.05, 3.63) is 34.9 Å². The fourth-order valence-corrected chi connectivity index (χ4v) is 4.50. The molecule has 0 bridgehead atoms. The average molecular weight is 184 g/mol. The molecule has 4 unspecified atom stereocenters. The summed E-state index contributed by atoms with van der Waals surface area (Å²) < 4.78 is 0. The number of hydrogen-bond donors (Lipinski definition) is 0. The molecule has 1 aromatic carbocycles. The van der Waals surface area contributed by atoms with Gasteiger partial charge in [-0.3, -0.25) is 0 Å². The highest BCUT2D eigenvalue weighted by Crippen LogP contribution is 2.82. The van der Waals surface area contributed by atoms with Crippen LogP contribution in [0, 0.1) is 11.8 Å². The minimum absolute atomic E-state index is 0.618. The Hall–Kier alpha value is -0.780. The first-order valence-electron chi connectivity index (χ1n) is 5.90. The fraction of sp³-hybridized carbons (Fsp3) is 0.571. The quantitative estimate of drug-likeness (QED) is 0.628. The standard InChI is InChI=1S/C14H16/c1-3-8-5-4-6-9-10-7-11-13(10)14(11,2)12(8)9/h4-6,10-11,13H,3,7H2,1-2H3. The third kappa shape index (κ3) is 0.526. The molecule has 0 nitrogen and oxygen atoms in total. The van der Waals surface area contributed by atoms with Gasteiger partial charge >= 0.3 is 0 Å². The van der Waals surface area contributed by atoms with E-state index in [9.17, 15) is 0 Å². The topological polar surface area (TPSA) is 0 Å². The van der Waals surface area contributed by atoms with Gasteiger partial charge in [-0.25, -0.2) is 0 Å². The lowest BCUT2D eigenvalue weighted by Gasteiger charge is -2.29. The Morgan fingerprint density at radius 1 is 1.43 bits per heavy atom. The molecule has 0 N–H and O–H groups in total. The molecule has 0 heteroatoms. The molecule has 2 saturated carbocycles. The van der Waals surface area contributed by atoms with Crippen molar-refractivity contribution in [2.24, 2.45) is 11.8 Å². The summed E-state index contributed by atoms with van der Waals surface area (Å²) in [5, 5.41) is 0. The van der Waals surface area contributed by atoms with E-state index >= 15 is 0 Å². The van der Waals surface area contributed by atoms with Crippen molar-refractivity contribution in [3.8, 4) is 0 Å². The van der Waals surface area contributed by atoms with Crippen LogP contribution < -0.4 is 0 Å². The van der Waals surface area contributed by atoms with Crippen LogP contribution in [0.25, 0.3) is 0 Å². The molecule has 0 saturated heterocycles. The molecule has 2 fully saturated rings. The molecule has 4 atom stereocenters. The van der Waals surface area contributed by atoms with Crippen LogP contribution in [0.15, 0.2) is 18.2 Å². The number of hydrogen-bond acceptors (Lipinski definition) is 0. The number of aryl methyl sites for hydroxylation is 1. The van der Waals surface area contributed by atoms with E-state index in [0.717, 1.165) is 17.8 Å². The van der Waals surface area contributed by atoms with Gasteiger partial charge in [0.15, 0.2) is 0 Å². The normalized spacial score (nSPS) is 45.4. The van der Waals surface area contributed by atoms with Crippen molar-refractivity contribution < 1.29 is 0 Å². The van der Waals surface area contributed by atoms with Crippen molar-refractivity contribution in [2.75, 3.05) is 0 Å². The van der Waals surface area contributed by atoms with Gasteiger partial charge in [0.25, 0.3) is 0 Å². The lowest BCUT2D eigenvalue weighted by atomic mass is 9.76. The summed E-state index contributed by atoms with van der Waals surface area (Å²) in [5.41, 5.74) is 5.71. The molecule has 1 aromatic rings. The van der Waals surface area contributed by atoms with Gasteiger partial charge in [-0.15, -0.1) is 0 Å². The zero-order valence-electron chi connectivity index (χ0n) is 8.88. The van der Waals surface area contributed by atoms with E-state index in [-0.39, 0.29) is 0 Å². The third-order valence-corrected chi connectivity index (χ3v) is 5.23. The number of rotatable bonds is 1. The molecule has 14 heavy (non-hydrogen) atoms. The van der Waals surface area contributed by atoms with Crippen molar-refractivity contribution in [2.45, 2.75) is 38.0 Å². The first-order valence-corrected chi connectivity index (χ1v) is 5.90. The molecule has 0 aromatic heterocycles. The summed E-state index contributed by atoms with van der Waals surface area (Å²) in [5.74, 6) is 3.06. The zero-order valence-corrected chi connectivity index (χ0v) is 8.88. The maximum absolute atomic E-state index is 2.51. The molecule has 72 valence electrons. The second-order valence-corrected chi connectivity index (χ2v) is 5.49. The SMILES string of the molecule is CCc1cccc2c1C1(C)C3CC2C31. The van der Waals surface area contributed by atoms with Gasteiger partial charge in [-0.1, -0.05) is 32.0 Å². The van der Waals surface area contributed by atoms with Crippen molar-refractivity contribution in [3.63, 3.8) is 0 Å². The minimum Gasteiger partial charge on any atom is -0.0617 e. The van der Waals surface area contributed by atoms with E-state index in [1.54, 1.807) is 16.7 Å². The number of fused-ring (bicyclic) bond motifs is 4. The van der Waals surface area contributed by atoms with E-state index in [0.29, 0.717) is 5.41 Å². The van der Waals surface area contributed by atoms with Gasteiger partial charge in [0.05, 0.1) is 0 Å². The maximum atomic E-state index is 2.51. The number of benzene rings is 1. The molecule has 0 radical (unpaired) electrons. The van der Waals surface area contributed by atoms with Crippen LogP contribution in [0.1, 0.15) is 42.9 Å². The Labute approximate surface area is 85.3 Å². The Morgan fingerprint density at radius 3 is 3.07 bits per heavy atom. The highest BCUT2D eigenvalue weighted by Gasteiger charge is 2.76. The summed E-state index contributed by atoms with van der Waals surface area (Å²) in [4.78, 5) is 0. The summed E-state index contributed by atoms with van der Waals surface area (Å²) in [6.07, 6.45) is 2.70. The second kappa shape index (κ2) is 1.93. The molecule has 0 spiro atoms. The van der Waals surface area contributed by atoms with Crippen LogP contribution in [0.3, 0.4) is 0 Å². The van der Waals surface area contributed by atoms with Crippen LogP contribution in [0.4, 0.5) is 0 Å². The van der Waals surface area contributed by atoms with E-state index in [1.165, 1.54) is 12.8 Å². The van der Waals surface area contributed by atoms with Crippen molar-refractivity contribution in [1.82, 2.24) is 0 Å². The summed E-state index contributed by atoms with van der Waals surface area (Å²) >= 11 is 0. The lowest BCUT2D eigenvalue weighted by Crippen LogP contribution is -2.17. The van der Waals surface area contributed by atoms with Gasteiger partial charge in [0.2, 0.25) is 0 Å². The molecular weight excluding hydrogens is 168 g/mol. The molecular formula is C14H16. The first-order chi connectivity index (χ1) is 6.78. The predicted molar refractivity (Wildman–Crippen MR) is 57.5 cm³/mol. The third-order valence-electron chi connectivity index (χ3n) is 5.23. The van der Waals surface area contributed by atoms with Crippen molar-refractivity contribution in [1.29, 1.82) is 0 Å². The summed E-state index contributed by atoms with van der Waals surface area (Å²) in [6.45, 7) is 4.80. The van der Waals surface area contributed by atoms with Crippen molar-refractivity contribution >= 4 is 0 Å². The van der Waals surface area contributed by atoms with Gasteiger partial charge < -0.3 is 0 Å². The minimum atomic E-state index is 0.618. The summed E-state index contributed by atoms with van der Waals surface area (Å²) in [7, 11) is 0. The average Bonchev–Trinajstić information content (AvgIpc) is 2.53. The Kier molecular flexibility index (Phi) is 1.04. The highest BCUT2D eigenvalue weighted by molar-refractivity contribution is 5.59. The van der Waals surface area contributed by atoms with Crippen LogP contribution >= 0.6 is 0 Å². The molecule has 4 rings (SSSR count). The van der Waals surface area contributed by atoms with Gasteiger partial charge in [0, 0.05) is 0 Å². The lowest BCUT2D eigenvalue weighted by molar-refractivity contribution is 0.386.